The first-order valence-electron chi connectivity index (χ1n) is 5.67. The molecule has 3 nitrogen and oxygen atoms in total. The van der Waals surface area contributed by atoms with Gasteiger partial charge in [-0.15, -0.1) is 0 Å². The van der Waals surface area contributed by atoms with Gasteiger partial charge in [0.05, 0.1) is 11.1 Å². The van der Waals surface area contributed by atoms with Crippen LogP contribution in [0.15, 0.2) is 42.5 Å². The lowest BCUT2D eigenvalue weighted by atomic mass is 9.93. The lowest BCUT2D eigenvalue weighted by Gasteiger charge is -2.18. The molecule has 6 heteroatoms. The van der Waals surface area contributed by atoms with Gasteiger partial charge >= 0.3 is 6.18 Å². The van der Waals surface area contributed by atoms with E-state index in [9.17, 15) is 18.0 Å². The maximum absolute atomic E-state index is 13.3. The van der Waals surface area contributed by atoms with Crippen molar-refractivity contribution < 1.29 is 18.0 Å². The van der Waals surface area contributed by atoms with Gasteiger partial charge in [0.2, 0.25) is 5.91 Å². The van der Waals surface area contributed by atoms with Crippen molar-refractivity contribution in [2.75, 3.05) is 5.73 Å². The topological polar surface area (TPSA) is 69.1 Å². The number of nitrogens with two attached hydrogens (primary N) is 2. The number of amides is 1. The maximum atomic E-state index is 13.3. The number of benzene rings is 2. The summed E-state index contributed by atoms with van der Waals surface area (Å²) in [5, 5.41) is 0. The Bertz CT molecular complexity index is 651. The third-order valence-electron chi connectivity index (χ3n) is 2.85. The molecule has 0 spiro atoms. The van der Waals surface area contributed by atoms with Crippen molar-refractivity contribution in [3.63, 3.8) is 0 Å². The van der Waals surface area contributed by atoms with Crippen LogP contribution in [0, 0.1) is 0 Å². The number of hydrogen-bond donors (Lipinski definition) is 2. The minimum absolute atomic E-state index is 0.0616. The molecule has 2 rings (SSSR count). The molecule has 2 aromatic rings. The predicted molar refractivity (Wildman–Crippen MR) is 69.8 cm³/mol. The van der Waals surface area contributed by atoms with Gasteiger partial charge in [0.25, 0.3) is 0 Å². The van der Waals surface area contributed by atoms with Crippen LogP contribution >= 0.6 is 0 Å². The first-order chi connectivity index (χ1) is 9.32. The second kappa shape index (κ2) is 4.88. The monoisotopic (exact) mass is 280 g/mol. The number of carbonyl (C=O) groups is 1. The molecule has 0 aliphatic rings. The molecule has 1 amide bonds. The normalized spacial score (nSPS) is 11.3. The molecule has 4 N–H and O–H groups in total. The third-order valence-corrected chi connectivity index (χ3v) is 2.85. The van der Waals surface area contributed by atoms with E-state index in [2.05, 4.69) is 0 Å². The molecule has 0 unspecified atom stereocenters. The average Bonchev–Trinajstić information content (AvgIpc) is 2.38. The van der Waals surface area contributed by atoms with Gasteiger partial charge in [-0.2, -0.15) is 13.2 Å². The Morgan fingerprint density at radius 3 is 2.10 bits per heavy atom. The molecule has 0 aliphatic carbocycles. The molecule has 0 fully saturated rings. The van der Waals surface area contributed by atoms with Crippen LogP contribution in [0.25, 0.3) is 11.1 Å². The largest absolute Gasteiger partial charge is 0.417 e. The van der Waals surface area contributed by atoms with Gasteiger partial charge in [-0.1, -0.05) is 30.3 Å². The van der Waals surface area contributed by atoms with E-state index in [1.165, 1.54) is 18.2 Å². The zero-order valence-electron chi connectivity index (χ0n) is 10.2. The number of carbonyl (C=O) groups excluding carboxylic acids is 1. The molecule has 0 saturated carbocycles. The molecule has 0 radical (unpaired) electrons. The molecular formula is C14H11F3N2O. The molecule has 2 aromatic carbocycles. The fourth-order valence-corrected chi connectivity index (χ4v) is 2.03. The highest BCUT2D eigenvalue weighted by atomic mass is 19.4. The lowest BCUT2D eigenvalue weighted by molar-refractivity contribution is -0.137. The summed E-state index contributed by atoms with van der Waals surface area (Å²) in [4.78, 5) is 11.2. The van der Waals surface area contributed by atoms with Crippen LogP contribution in [-0.2, 0) is 6.18 Å². The van der Waals surface area contributed by atoms with Gasteiger partial charge in [0.1, 0.15) is 0 Å². The minimum Gasteiger partial charge on any atom is -0.398 e. The number of anilines is 1. The lowest BCUT2D eigenvalue weighted by Crippen LogP contribution is -2.20. The predicted octanol–water partition coefficient (Wildman–Crippen LogP) is 3.05. The molecule has 0 heterocycles. The Kier molecular flexibility index (Phi) is 3.40. The highest BCUT2D eigenvalue weighted by molar-refractivity contribution is 5.98. The molecule has 0 aromatic heterocycles. The van der Waals surface area contributed by atoms with Gasteiger partial charge in [0, 0.05) is 11.3 Å². The molecule has 0 aliphatic heterocycles. The van der Waals surface area contributed by atoms with Crippen molar-refractivity contribution in [1.29, 1.82) is 0 Å². The van der Waals surface area contributed by atoms with Gasteiger partial charge in [-0.3, -0.25) is 4.79 Å². The Morgan fingerprint density at radius 2 is 1.60 bits per heavy atom. The van der Waals surface area contributed by atoms with Crippen molar-refractivity contribution >= 4 is 11.6 Å². The van der Waals surface area contributed by atoms with E-state index in [4.69, 9.17) is 11.5 Å². The van der Waals surface area contributed by atoms with Crippen molar-refractivity contribution in [3.05, 3.63) is 53.6 Å². The minimum atomic E-state index is -4.73. The van der Waals surface area contributed by atoms with Crippen LogP contribution in [-0.4, -0.2) is 5.91 Å². The van der Waals surface area contributed by atoms with Crippen molar-refractivity contribution in [3.8, 4) is 11.1 Å². The number of nitrogen functional groups attached to an aromatic ring is 1. The van der Waals surface area contributed by atoms with Gasteiger partial charge in [0.15, 0.2) is 0 Å². The quantitative estimate of drug-likeness (QED) is 0.830. The molecule has 0 atom stereocenters. The number of rotatable bonds is 2. The molecule has 0 bridgehead atoms. The molecule has 104 valence electrons. The van der Waals surface area contributed by atoms with Crippen LogP contribution < -0.4 is 11.5 Å². The van der Waals surface area contributed by atoms with E-state index >= 15 is 0 Å². The van der Waals surface area contributed by atoms with E-state index in [-0.39, 0.29) is 16.8 Å². The summed E-state index contributed by atoms with van der Waals surface area (Å²) in [5.41, 5.74) is 8.99. The average molecular weight is 280 g/mol. The third kappa shape index (κ3) is 2.45. The standard InChI is InChI=1S/C14H11F3N2O/c15-14(16,17)12-9(13(19)20)6-7-10(18)11(12)8-4-2-1-3-5-8/h1-7H,18H2,(H2,19,20). The summed E-state index contributed by atoms with van der Waals surface area (Å²) in [6.07, 6.45) is -4.73. The van der Waals surface area contributed by atoms with Crippen LogP contribution in [0.3, 0.4) is 0 Å². The Labute approximate surface area is 113 Å². The maximum Gasteiger partial charge on any atom is 0.417 e. The van der Waals surface area contributed by atoms with Crippen molar-refractivity contribution in [2.24, 2.45) is 5.73 Å². The number of alkyl halides is 3. The second-order valence-corrected chi connectivity index (χ2v) is 4.18. The smallest absolute Gasteiger partial charge is 0.398 e. The van der Waals surface area contributed by atoms with E-state index < -0.39 is 23.2 Å². The number of hydrogen-bond acceptors (Lipinski definition) is 2. The summed E-state index contributed by atoms with van der Waals surface area (Å²) in [5.74, 6) is -1.14. The van der Waals surface area contributed by atoms with Crippen molar-refractivity contribution in [2.45, 2.75) is 6.18 Å². The van der Waals surface area contributed by atoms with E-state index in [0.717, 1.165) is 6.07 Å². The Balaban J connectivity index is 2.85. The van der Waals surface area contributed by atoms with E-state index in [1.54, 1.807) is 18.2 Å². The summed E-state index contributed by atoms with van der Waals surface area (Å²) in [6.45, 7) is 0. The van der Waals surface area contributed by atoms with Crippen LogP contribution in [0.5, 0.6) is 0 Å². The first kappa shape index (κ1) is 13.9. The summed E-state index contributed by atoms with van der Waals surface area (Å²) in [6, 6.07) is 10.1. The highest BCUT2D eigenvalue weighted by Gasteiger charge is 2.38. The van der Waals surface area contributed by atoms with Crippen LogP contribution in [0.2, 0.25) is 0 Å². The summed E-state index contributed by atoms with van der Waals surface area (Å²) in [7, 11) is 0. The van der Waals surface area contributed by atoms with Gasteiger partial charge in [-0.05, 0) is 17.7 Å². The molecular weight excluding hydrogens is 269 g/mol. The Hall–Kier alpha value is -2.50. The molecule has 20 heavy (non-hydrogen) atoms. The summed E-state index contributed by atoms with van der Waals surface area (Å²) >= 11 is 0. The van der Waals surface area contributed by atoms with E-state index in [0.29, 0.717) is 0 Å². The zero-order chi connectivity index (χ0) is 14.9. The number of primary amides is 1. The zero-order valence-corrected chi connectivity index (χ0v) is 10.2. The van der Waals surface area contributed by atoms with Gasteiger partial charge in [-0.25, -0.2) is 0 Å². The van der Waals surface area contributed by atoms with Crippen LogP contribution in [0.4, 0.5) is 18.9 Å². The first-order valence-corrected chi connectivity index (χ1v) is 5.67. The summed E-state index contributed by atoms with van der Waals surface area (Å²) < 4.78 is 39.8. The SMILES string of the molecule is NC(=O)c1ccc(N)c(-c2ccccc2)c1C(F)(F)F. The fraction of sp³-hybridized carbons (Fsp3) is 0.0714. The highest BCUT2D eigenvalue weighted by Crippen LogP contribution is 2.42. The fourth-order valence-electron chi connectivity index (χ4n) is 2.03. The Morgan fingerprint density at radius 1 is 1.00 bits per heavy atom. The molecule has 0 saturated heterocycles. The van der Waals surface area contributed by atoms with Crippen LogP contribution in [0.1, 0.15) is 15.9 Å². The number of halogens is 3. The van der Waals surface area contributed by atoms with E-state index in [1.807, 2.05) is 0 Å². The second-order valence-electron chi connectivity index (χ2n) is 4.18. The van der Waals surface area contributed by atoms with Crippen molar-refractivity contribution in [1.82, 2.24) is 0 Å². The van der Waals surface area contributed by atoms with Gasteiger partial charge < -0.3 is 11.5 Å².